The number of nitrogens with one attached hydrogen (secondary N) is 1. The highest BCUT2D eigenvalue weighted by atomic mass is 16.5. The highest BCUT2D eigenvalue weighted by Crippen LogP contribution is 2.30. The summed E-state index contributed by atoms with van der Waals surface area (Å²) in [6.07, 6.45) is 5.54. The molecule has 1 unspecified atom stereocenters. The number of methoxy groups -OCH3 is 1. The molecule has 0 radical (unpaired) electrons. The van der Waals surface area contributed by atoms with Gasteiger partial charge in [-0.25, -0.2) is 0 Å². The van der Waals surface area contributed by atoms with Gasteiger partial charge >= 0.3 is 0 Å². The first-order chi connectivity index (χ1) is 13.2. The summed E-state index contributed by atoms with van der Waals surface area (Å²) in [5.41, 5.74) is 6.51. The third-order valence-corrected chi connectivity index (χ3v) is 5.45. The van der Waals surface area contributed by atoms with Crippen molar-refractivity contribution in [3.8, 4) is 5.75 Å². The Morgan fingerprint density at radius 2 is 2.00 bits per heavy atom. The normalized spacial score (nSPS) is 16.1. The first-order valence-corrected chi connectivity index (χ1v) is 9.70. The Morgan fingerprint density at radius 1 is 1.15 bits per heavy atom. The number of hydrogen-bond acceptors (Lipinski definition) is 3. The lowest BCUT2D eigenvalue weighted by molar-refractivity contribution is 0.411. The fraction of sp³-hybridized carbons (Fsp3) is 0.348. The summed E-state index contributed by atoms with van der Waals surface area (Å²) in [6, 6.07) is 17.3. The van der Waals surface area contributed by atoms with E-state index in [-0.39, 0.29) is 0 Å². The number of nitrogens with zero attached hydrogens (tertiary/aromatic N) is 2. The Hall–Kier alpha value is -2.59. The number of rotatable bonds is 6. The molecule has 1 aliphatic carbocycles. The average molecular weight is 361 g/mol. The lowest BCUT2D eigenvalue weighted by Crippen LogP contribution is -2.25. The minimum absolute atomic E-state index is 0.376. The minimum Gasteiger partial charge on any atom is -0.496 e. The standard InChI is InChI=1S/C23H27N3O/c1-17-13-19(11-12-23(17)27-2)14-24-21-9-6-10-22-20(21)15-25-26(22)16-18-7-4-3-5-8-18/h3-5,7-8,11-13,15,21,24H,6,9-10,14,16H2,1-2H3. The van der Waals surface area contributed by atoms with E-state index in [0.29, 0.717) is 6.04 Å². The van der Waals surface area contributed by atoms with Gasteiger partial charge in [0.2, 0.25) is 0 Å². The van der Waals surface area contributed by atoms with E-state index in [1.54, 1.807) is 7.11 Å². The molecule has 1 aromatic heterocycles. The summed E-state index contributed by atoms with van der Waals surface area (Å²) in [5, 5.41) is 8.44. The van der Waals surface area contributed by atoms with Crippen LogP contribution in [0, 0.1) is 6.92 Å². The SMILES string of the molecule is COc1ccc(CNC2CCCc3c2cnn3Cc2ccccc2)cc1C. The highest BCUT2D eigenvalue weighted by Gasteiger charge is 2.24. The second-order valence-corrected chi connectivity index (χ2v) is 7.32. The molecule has 1 aliphatic rings. The summed E-state index contributed by atoms with van der Waals surface area (Å²) in [6.45, 7) is 3.80. The molecule has 4 rings (SSSR count). The van der Waals surface area contributed by atoms with E-state index < -0.39 is 0 Å². The fourth-order valence-electron chi connectivity index (χ4n) is 4.01. The Morgan fingerprint density at radius 3 is 2.78 bits per heavy atom. The summed E-state index contributed by atoms with van der Waals surface area (Å²) in [4.78, 5) is 0. The summed E-state index contributed by atoms with van der Waals surface area (Å²) in [7, 11) is 1.72. The van der Waals surface area contributed by atoms with Crippen molar-refractivity contribution < 1.29 is 4.74 Å². The predicted molar refractivity (Wildman–Crippen MR) is 108 cm³/mol. The van der Waals surface area contributed by atoms with Crippen molar-refractivity contribution in [1.82, 2.24) is 15.1 Å². The summed E-state index contributed by atoms with van der Waals surface area (Å²) in [5.74, 6) is 0.945. The molecule has 0 aliphatic heterocycles. The molecule has 0 saturated carbocycles. The van der Waals surface area contributed by atoms with E-state index in [2.05, 4.69) is 71.7 Å². The van der Waals surface area contributed by atoms with Crippen LogP contribution >= 0.6 is 0 Å². The molecule has 3 aromatic rings. The third kappa shape index (κ3) is 3.91. The van der Waals surface area contributed by atoms with Gasteiger partial charge < -0.3 is 10.1 Å². The zero-order valence-electron chi connectivity index (χ0n) is 16.1. The Labute approximate surface area is 161 Å². The van der Waals surface area contributed by atoms with Crippen LogP contribution in [-0.4, -0.2) is 16.9 Å². The number of hydrogen-bond donors (Lipinski definition) is 1. The molecule has 0 spiro atoms. The summed E-state index contributed by atoms with van der Waals surface area (Å²) >= 11 is 0. The number of benzene rings is 2. The molecule has 2 aromatic carbocycles. The number of fused-ring (bicyclic) bond motifs is 1. The fourth-order valence-corrected chi connectivity index (χ4v) is 4.01. The van der Waals surface area contributed by atoms with E-state index in [1.807, 2.05) is 0 Å². The summed E-state index contributed by atoms with van der Waals surface area (Å²) < 4.78 is 7.54. The largest absolute Gasteiger partial charge is 0.496 e. The molecule has 27 heavy (non-hydrogen) atoms. The van der Waals surface area contributed by atoms with Crippen LogP contribution in [0.25, 0.3) is 0 Å². The van der Waals surface area contributed by atoms with Gasteiger partial charge in [-0.2, -0.15) is 5.10 Å². The maximum Gasteiger partial charge on any atom is 0.121 e. The van der Waals surface area contributed by atoms with Gasteiger partial charge in [0.15, 0.2) is 0 Å². The third-order valence-electron chi connectivity index (χ3n) is 5.45. The molecular weight excluding hydrogens is 334 g/mol. The Kier molecular flexibility index (Phi) is 5.26. The molecule has 0 fully saturated rings. The van der Waals surface area contributed by atoms with Crippen molar-refractivity contribution in [2.24, 2.45) is 0 Å². The molecule has 4 heteroatoms. The van der Waals surface area contributed by atoms with Crippen molar-refractivity contribution in [1.29, 1.82) is 0 Å². The van der Waals surface area contributed by atoms with Gasteiger partial charge in [-0.15, -0.1) is 0 Å². The van der Waals surface area contributed by atoms with Gasteiger partial charge in [-0.05, 0) is 48.9 Å². The van der Waals surface area contributed by atoms with Crippen LogP contribution in [0.4, 0.5) is 0 Å². The molecule has 0 saturated heterocycles. The van der Waals surface area contributed by atoms with Gasteiger partial charge in [0.1, 0.15) is 5.75 Å². The molecule has 140 valence electrons. The predicted octanol–water partition coefficient (Wildman–Crippen LogP) is 4.42. The quantitative estimate of drug-likeness (QED) is 0.707. The van der Waals surface area contributed by atoms with Crippen molar-refractivity contribution in [2.45, 2.75) is 45.3 Å². The molecule has 1 heterocycles. The van der Waals surface area contributed by atoms with Gasteiger partial charge in [0.25, 0.3) is 0 Å². The Balaban J connectivity index is 1.46. The van der Waals surface area contributed by atoms with E-state index in [9.17, 15) is 0 Å². The number of aromatic nitrogens is 2. The second kappa shape index (κ2) is 7.97. The minimum atomic E-state index is 0.376. The van der Waals surface area contributed by atoms with Crippen molar-refractivity contribution in [3.05, 3.63) is 82.7 Å². The van der Waals surface area contributed by atoms with Crippen molar-refractivity contribution in [3.63, 3.8) is 0 Å². The van der Waals surface area contributed by atoms with E-state index in [4.69, 9.17) is 9.84 Å². The van der Waals surface area contributed by atoms with Gasteiger partial charge in [-0.3, -0.25) is 4.68 Å². The lowest BCUT2D eigenvalue weighted by Gasteiger charge is -2.24. The molecular formula is C23H27N3O. The smallest absolute Gasteiger partial charge is 0.121 e. The second-order valence-electron chi connectivity index (χ2n) is 7.32. The highest BCUT2D eigenvalue weighted by molar-refractivity contribution is 5.36. The Bertz CT molecular complexity index is 901. The molecule has 1 N–H and O–H groups in total. The van der Waals surface area contributed by atoms with Gasteiger partial charge in [0.05, 0.1) is 19.9 Å². The van der Waals surface area contributed by atoms with E-state index >= 15 is 0 Å². The monoisotopic (exact) mass is 361 g/mol. The van der Waals surface area contributed by atoms with Gasteiger partial charge in [-0.1, -0.05) is 42.5 Å². The first kappa shape index (κ1) is 17.8. The zero-order valence-corrected chi connectivity index (χ0v) is 16.1. The van der Waals surface area contributed by atoms with Crippen LogP contribution in [0.5, 0.6) is 5.75 Å². The zero-order chi connectivity index (χ0) is 18.6. The molecule has 0 bridgehead atoms. The number of ether oxygens (including phenoxy) is 1. The van der Waals surface area contributed by atoms with E-state index in [1.165, 1.54) is 40.8 Å². The lowest BCUT2D eigenvalue weighted by atomic mass is 9.92. The van der Waals surface area contributed by atoms with Gasteiger partial charge in [0, 0.05) is 23.8 Å². The first-order valence-electron chi connectivity index (χ1n) is 9.70. The van der Waals surface area contributed by atoms with Crippen LogP contribution in [0.3, 0.4) is 0 Å². The van der Waals surface area contributed by atoms with Crippen LogP contribution in [0.1, 0.15) is 46.8 Å². The maximum absolute atomic E-state index is 5.36. The van der Waals surface area contributed by atoms with Crippen LogP contribution in [0.2, 0.25) is 0 Å². The number of aryl methyl sites for hydroxylation is 1. The molecule has 4 nitrogen and oxygen atoms in total. The maximum atomic E-state index is 5.36. The molecule has 1 atom stereocenters. The average Bonchev–Trinajstić information content (AvgIpc) is 3.11. The topological polar surface area (TPSA) is 39.1 Å². The molecule has 0 amide bonds. The van der Waals surface area contributed by atoms with Crippen LogP contribution in [0.15, 0.2) is 54.7 Å². The van der Waals surface area contributed by atoms with Crippen molar-refractivity contribution >= 4 is 0 Å². The van der Waals surface area contributed by atoms with Crippen LogP contribution < -0.4 is 10.1 Å². The van der Waals surface area contributed by atoms with E-state index in [0.717, 1.165) is 25.3 Å². The van der Waals surface area contributed by atoms with Crippen LogP contribution in [-0.2, 0) is 19.5 Å². The van der Waals surface area contributed by atoms with Crippen molar-refractivity contribution in [2.75, 3.05) is 7.11 Å².